The number of hydrogen-bond acceptors (Lipinski definition) is 3. The molecule has 3 aromatic rings. The number of aromatic nitrogens is 1. The van der Waals surface area contributed by atoms with Crippen LogP contribution in [0.15, 0.2) is 60.8 Å². The largest absolute Gasteiger partial charge is 0.361 e. The van der Waals surface area contributed by atoms with Crippen LogP contribution in [-0.2, 0) is 11.2 Å². The molecule has 2 aliphatic rings. The van der Waals surface area contributed by atoms with Gasteiger partial charge < -0.3 is 10.3 Å². The van der Waals surface area contributed by atoms with E-state index in [1.54, 1.807) is 0 Å². The van der Waals surface area contributed by atoms with Gasteiger partial charge in [-0.3, -0.25) is 9.80 Å². The van der Waals surface area contributed by atoms with E-state index in [9.17, 15) is 4.79 Å². The van der Waals surface area contributed by atoms with Crippen molar-refractivity contribution >= 4 is 16.8 Å². The third-order valence-electron chi connectivity index (χ3n) is 7.95. The Hall–Kier alpha value is -2.63. The summed E-state index contributed by atoms with van der Waals surface area (Å²) in [5.41, 5.74) is 3.43. The molecule has 2 atom stereocenters. The minimum absolute atomic E-state index is 0.0830. The van der Waals surface area contributed by atoms with Gasteiger partial charge in [0.15, 0.2) is 0 Å². The minimum Gasteiger partial charge on any atom is -0.361 e. The van der Waals surface area contributed by atoms with Crippen LogP contribution in [0.5, 0.6) is 0 Å². The fourth-order valence-corrected chi connectivity index (χ4v) is 6.06. The zero-order chi connectivity index (χ0) is 23.5. The SMILES string of the molecule is C[C@H](Cc1ccccc1)N(C(=O)C1(C)CCCCC1)N1CCNCC1c1cccc2[nH]ccc12. The summed E-state index contributed by atoms with van der Waals surface area (Å²) < 4.78 is 0. The van der Waals surface area contributed by atoms with Crippen molar-refractivity contribution in [1.82, 2.24) is 20.3 Å². The van der Waals surface area contributed by atoms with Crippen LogP contribution in [0.4, 0.5) is 0 Å². The van der Waals surface area contributed by atoms with Gasteiger partial charge in [0.25, 0.3) is 0 Å². The highest BCUT2D eigenvalue weighted by molar-refractivity contribution is 5.84. The normalized spacial score (nSPS) is 21.9. The van der Waals surface area contributed by atoms with Gasteiger partial charge >= 0.3 is 0 Å². The van der Waals surface area contributed by atoms with Crippen molar-refractivity contribution in [2.24, 2.45) is 5.41 Å². The summed E-state index contributed by atoms with van der Waals surface area (Å²) >= 11 is 0. The molecule has 1 aliphatic carbocycles. The molecule has 1 aromatic heterocycles. The lowest BCUT2D eigenvalue weighted by molar-refractivity contribution is -0.175. The second-order valence-electron chi connectivity index (χ2n) is 10.5. The molecule has 5 nitrogen and oxygen atoms in total. The van der Waals surface area contributed by atoms with Crippen LogP contribution >= 0.6 is 0 Å². The first kappa shape index (κ1) is 23.1. The van der Waals surface area contributed by atoms with Gasteiger partial charge in [0.1, 0.15) is 0 Å². The van der Waals surface area contributed by atoms with E-state index >= 15 is 0 Å². The third-order valence-corrected chi connectivity index (χ3v) is 7.95. The summed E-state index contributed by atoms with van der Waals surface area (Å²) in [6.45, 7) is 6.99. The Morgan fingerprint density at radius 3 is 2.68 bits per heavy atom. The number of H-pyrrole nitrogens is 1. The molecule has 0 radical (unpaired) electrons. The maximum atomic E-state index is 14.4. The highest BCUT2D eigenvalue weighted by atomic mass is 16.2. The standard InChI is InChI=1S/C29H38N4O/c1-22(20-23-10-5-3-6-11-23)33(28(34)29(2)15-7-4-8-16-29)32-19-18-30-21-27(32)25-12-9-13-26-24(25)14-17-31-26/h3,5-6,9-14,17,22,27,30-31H,4,7-8,15-16,18-21H2,1-2H3/t22-,27?/m1/s1. The molecule has 1 amide bonds. The smallest absolute Gasteiger partial charge is 0.243 e. The number of carbonyl (C=O) groups is 1. The molecule has 2 N–H and O–H groups in total. The van der Waals surface area contributed by atoms with E-state index in [-0.39, 0.29) is 17.5 Å². The van der Waals surface area contributed by atoms with Crippen molar-refractivity contribution in [3.05, 3.63) is 71.9 Å². The van der Waals surface area contributed by atoms with Crippen molar-refractivity contribution in [1.29, 1.82) is 0 Å². The van der Waals surface area contributed by atoms with Crippen LogP contribution in [0.3, 0.4) is 0 Å². The van der Waals surface area contributed by atoms with Crippen LogP contribution in [-0.4, -0.2) is 46.6 Å². The second kappa shape index (κ2) is 9.93. The predicted octanol–water partition coefficient (Wildman–Crippen LogP) is 5.46. The topological polar surface area (TPSA) is 51.4 Å². The Bertz CT molecular complexity index is 1100. The zero-order valence-electron chi connectivity index (χ0n) is 20.6. The molecule has 0 bridgehead atoms. The van der Waals surface area contributed by atoms with Gasteiger partial charge in [-0.2, -0.15) is 0 Å². The monoisotopic (exact) mass is 458 g/mol. The molecule has 5 heteroatoms. The first-order valence-electron chi connectivity index (χ1n) is 13.0. The van der Waals surface area contributed by atoms with Crippen molar-refractivity contribution < 1.29 is 4.79 Å². The Morgan fingerprint density at radius 2 is 1.88 bits per heavy atom. The average Bonchev–Trinajstić information content (AvgIpc) is 3.35. The molecule has 2 heterocycles. The number of carbonyl (C=O) groups excluding carboxylic acids is 1. The summed E-state index contributed by atoms with van der Waals surface area (Å²) in [7, 11) is 0. The number of nitrogens with one attached hydrogen (secondary N) is 2. The molecule has 1 aliphatic heterocycles. The van der Waals surface area contributed by atoms with Crippen LogP contribution in [0.2, 0.25) is 0 Å². The summed E-state index contributed by atoms with van der Waals surface area (Å²) in [5.74, 6) is 0.309. The van der Waals surface area contributed by atoms with Gasteiger partial charge in [-0.15, -0.1) is 0 Å². The van der Waals surface area contributed by atoms with Crippen LogP contribution < -0.4 is 5.32 Å². The van der Waals surface area contributed by atoms with Crippen LogP contribution in [0, 0.1) is 5.41 Å². The summed E-state index contributed by atoms with van der Waals surface area (Å²) in [6, 6.07) is 19.5. The van der Waals surface area contributed by atoms with Crippen LogP contribution in [0.1, 0.15) is 63.1 Å². The highest BCUT2D eigenvalue weighted by Gasteiger charge is 2.43. The first-order valence-corrected chi connectivity index (χ1v) is 13.0. The van der Waals surface area contributed by atoms with Crippen LogP contribution in [0.25, 0.3) is 10.9 Å². The lowest BCUT2D eigenvalue weighted by Gasteiger charge is -2.49. The number of rotatable bonds is 6. The number of hydrogen-bond donors (Lipinski definition) is 2. The van der Waals surface area contributed by atoms with E-state index in [0.29, 0.717) is 5.91 Å². The highest BCUT2D eigenvalue weighted by Crippen LogP contribution is 2.40. The Labute approximate surface area is 203 Å². The third kappa shape index (κ3) is 4.51. The molecule has 2 aromatic carbocycles. The average molecular weight is 459 g/mol. The first-order chi connectivity index (χ1) is 16.6. The van der Waals surface area contributed by atoms with Crippen molar-refractivity contribution in [2.75, 3.05) is 19.6 Å². The van der Waals surface area contributed by atoms with Crippen molar-refractivity contribution in [3.8, 4) is 0 Å². The zero-order valence-corrected chi connectivity index (χ0v) is 20.6. The number of piperazine rings is 1. The summed E-state index contributed by atoms with van der Waals surface area (Å²) in [6.07, 6.45) is 8.39. The lowest BCUT2D eigenvalue weighted by Crippen LogP contribution is -2.61. The fraction of sp³-hybridized carbons (Fsp3) is 0.483. The van der Waals surface area contributed by atoms with Gasteiger partial charge in [0.2, 0.25) is 5.91 Å². The molecule has 180 valence electrons. The predicted molar refractivity (Wildman–Crippen MR) is 138 cm³/mol. The second-order valence-corrected chi connectivity index (χ2v) is 10.5. The quantitative estimate of drug-likeness (QED) is 0.516. The fourth-order valence-electron chi connectivity index (χ4n) is 6.06. The Balaban J connectivity index is 1.53. The van der Waals surface area contributed by atoms with E-state index in [2.05, 4.69) is 88.8 Å². The van der Waals surface area contributed by atoms with Gasteiger partial charge in [0, 0.05) is 48.2 Å². The van der Waals surface area contributed by atoms with E-state index in [1.807, 2.05) is 6.20 Å². The summed E-state index contributed by atoms with van der Waals surface area (Å²) in [4.78, 5) is 17.8. The number of hydrazine groups is 1. The van der Waals surface area contributed by atoms with Gasteiger partial charge in [-0.05, 0) is 49.4 Å². The van der Waals surface area contributed by atoms with Gasteiger partial charge in [-0.25, -0.2) is 5.01 Å². The molecule has 1 saturated carbocycles. The Morgan fingerprint density at radius 1 is 1.09 bits per heavy atom. The molecule has 1 unspecified atom stereocenters. The molecule has 5 rings (SSSR count). The Kier molecular flexibility index (Phi) is 6.75. The number of aromatic amines is 1. The maximum absolute atomic E-state index is 14.4. The molecular weight excluding hydrogens is 420 g/mol. The van der Waals surface area contributed by atoms with Gasteiger partial charge in [-0.1, -0.05) is 68.7 Å². The molecule has 0 spiro atoms. The molecule has 2 fully saturated rings. The van der Waals surface area contributed by atoms with E-state index < -0.39 is 0 Å². The summed E-state index contributed by atoms with van der Waals surface area (Å²) in [5, 5.41) is 9.42. The van der Waals surface area contributed by atoms with Crippen molar-refractivity contribution in [2.45, 2.75) is 64.5 Å². The van der Waals surface area contributed by atoms with Crippen molar-refractivity contribution in [3.63, 3.8) is 0 Å². The number of nitrogens with zero attached hydrogens (tertiary/aromatic N) is 2. The maximum Gasteiger partial charge on any atom is 0.243 e. The lowest BCUT2D eigenvalue weighted by atomic mass is 9.74. The molecular formula is C29H38N4O. The number of fused-ring (bicyclic) bond motifs is 1. The number of amides is 1. The van der Waals surface area contributed by atoms with E-state index in [0.717, 1.165) is 57.3 Å². The number of benzene rings is 2. The minimum atomic E-state index is -0.279. The molecule has 1 saturated heterocycles. The van der Waals surface area contributed by atoms with E-state index in [1.165, 1.54) is 22.9 Å². The van der Waals surface area contributed by atoms with E-state index in [4.69, 9.17) is 0 Å². The molecule has 34 heavy (non-hydrogen) atoms. The van der Waals surface area contributed by atoms with Gasteiger partial charge in [0.05, 0.1) is 6.04 Å².